The van der Waals surface area contributed by atoms with Crippen molar-refractivity contribution in [1.29, 1.82) is 0 Å². The third-order valence-electron chi connectivity index (χ3n) is 3.68. The number of anilines is 2. The summed E-state index contributed by atoms with van der Waals surface area (Å²) in [5.74, 6) is -0.176. The molecule has 1 aromatic carbocycles. The standard InChI is InChI=1S/C13H15N3O4/c17-11-5-8-6-15(13(19)20)7-12(18)16(8)10-4-2-1-3-9(10)14-11/h1-4,8,12,18H,5-7H2,(H,14,17)(H,19,20)/t8-,12?/m0/s1. The molecule has 1 aromatic rings. The van der Waals surface area contributed by atoms with Crippen molar-refractivity contribution in [3.8, 4) is 0 Å². The van der Waals surface area contributed by atoms with Gasteiger partial charge in [-0.15, -0.1) is 0 Å². The monoisotopic (exact) mass is 277 g/mol. The van der Waals surface area contributed by atoms with Crippen LogP contribution in [-0.4, -0.2) is 52.5 Å². The van der Waals surface area contributed by atoms with Crippen molar-refractivity contribution in [1.82, 2.24) is 4.90 Å². The summed E-state index contributed by atoms with van der Waals surface area (Å²) in [5, 5.41) is 22.1. The Bertz CT molecular complexity index is 562. The van der Waals surface area contributed by atoms with E-state index < -0.39 is 12.3 Å². The fourth-order valence-corrected chi connectivity index (χ4v) is 2.84. The minimum atomic E-state index is -1.08. The Morgan fingerprint density at radius 1 is 1.30 bits per heavy atom. The zero-order valence-corrected chi connectivity index (χ0v) is 10.7. The molecular formula is C13H15N3O4. The highest BCUT2D eigenvalue weighted by molar-refractivity contribution is 5.97. The molecule has 2 heterocycles. The number of benzene rings is 1. The van der Waals surface area contributed by atoms with E-state index in [4.69, 9.17) is 5.11 Å². The first kappa shape index (κ1) is 12.7. The van der Waals surface area contributed by atoms with Crippen molar-refractivity contribution in [2.24, 2.45) is 0 Å². The first-order valence-electron chi connectivity index (χ1n) is 6.39. The molecule has 3 N–H and O–H groups in total. The van der Waals surface area contributed by atoms with Gasteiger partial charge in [0.15, 0.2) is 0 Å². The highest BCUT2D eigenvalue weighted by Crippen LogP contribution is 2.34. The molecule has 1 fully saturated rings. The van der Waals surface area contributed by atoms with E-state index in [-0.39, 0.29) is 31.5 Å². The van der Waals surface area contributed by atoms with Crippen LogP contribution in [0.1, 0.15) is 6.42 Å². The van der Waals surface area contributed by atoms with Crippen molar-refractivity contribution >= 4 is 23.4 Å². The lowest BCUT2D eigenvalue weighted by Gasteiger charge is -2.44. The predicted octanol–water partition coefficient (Wildman–Crippen LogP) is 0.516. The topological polar surface area (TPSA) is 93.1 Å². The van der Waals surface area contributed by atoms with Gasteiger partial charge in [0.1, 0.15) is 6.23 Å². The van der Waals surface area contributed by atoms with Crippen LogP contribution in [0.5, 0.6) is 0 Å². The first-order valence-corrected chi connectivity index (χ1v) is 6.39. The number of hydrogen-bond acceptors (Lipinski definition) is 4. The van der Waals surface area contributed by atoms with Crippen LogP contribution < -0.4 is 10.2 Å². The molecule has 0 bridgehead atoms. The molecule has 2 atom stereocenters. The molecule has 7 nitrogen and oxygen atoms in total. The van der Waals surface area contributed by atoms with Gasteiger partial charge in [0.25, 0.3) is 0 Å². The van der Waals surface area contributed by atoms with Gasteiger partial charge in [0.05, 0.1) is 24.0 Å². The Morgan fingerprint density at radius 3 is 2.80 bits per heavy atom. The lowest BCUT2D eigenvalue weighted by atomic mass is 10.1. The molecule has 106 valence electrons. The molecule has 0 aliphatic carbocycles. The van der Waals surface area contributed by atoms with Crippen LogP contribution in [0.2, 0.25) is 0 Å². The van der Waals surface area contributed by atoms with Crippen LogP contribution in [0.3, 0.4) is 0 Å². The summed E-state index contributed by atoms with van der Waals surface area (Å²) >= 11 is 0. The summed E-state index contributed by atoms with van der Waals surface area (Å²) < 4.78 is 0. The Labute approximate surface area is 115 Å². The minimum Gasteiger partial charge on any atom is -0.465 e. The number of aliphatic hydroxyl groups excluding tert-OH is 1. The van der Waals surface area contributed by atoms with Crippen molar-refractivity contribution < 1.29 is 19.8 Å². The quantitative estimate of drug-likeness (QED) is 0.642. The number of carbonyl (C=O) groups is 2. The highest BCUT2D eigenvalue weighted by atomic mass is 16.4. The predicted molar refractivity (Wildman–Crippen MR) is 71.6 cm³/mol. The van der Waals surface area contributed by atoms with Crippen LogP contribution in [0.15, 0.2) is 24.3 Å². The Hall–Kier alpha value is -2.28. The van der Waals surface area contributed by atoms with E-state index in [0.717, 1.165) is 10.6 Å². The van der Waals surface area contributed by atoms with E-state index in [9.17, 15) is 14.7 Å². The maximum atomic E-state index is 11.9. The zero-order valence-electron chi connectivity index (χ0n) is 10.7. The largest absolute Gasteiger partial charge is 0.465 e. The average molecular weight is 277 g/mol. The highest BCUT2D eigenvalue weighted by Gasteiger charge is 2.39. The van der Waals surface area contributed by atoms with E-state index in [2.05, 4.69) is 5.32 Å². The third kappa shape index (κ3) is 2.05. The Kier molecular flexibility index (Phi) is 2.98. The minimum absolute atomic E-state index is 0.00829. The van der Waals surface area contributed by atoms with Crippen molar-refractivity contribution in [2.45, 2.75) is 18.7 Å². The van der Waals surface area contributed by atoms with Gasteiger partial charge in [-0.3, -0.25) is 4.79 Å². The number of rotatable bonds is 0. The molecule has 7 heteroatoms. The van der Waals surface area contributed by atoms with E-state index in [0.29, 0.717) is 5.69 Å². The van der Waals surface area contributed by atoms with Crippen LogP contribution in [0, 0.1) is 0 Å². The van der Waals surface area contributed by atoms with Gasteiger partial charge >= 0.3 is 6.09 Å². The number of carbonyl (C=O) groups excluding carboxylic acids is 1. The normalized spacial score (nSPS) is 25.4. The number of carboxylic acid groups (broad SMARTS) is 1. The summed E-state index contributed by atoms with van der Waals surface area (Å²) in [6.07, 6.45) is -1.89. The molecule has 2 amide bonds. The van der Waals surface area contributed by atoms with Gasteiger partial charge in [-0.25, -0.2) is 4.79 Å². The third-order valence-corrected chi connectivity index (χ3v) is 3.68. The second-order valence-corrected chi connectivity index (χ2v) is 5.00. The number of nitrogens with zero attached hydrogens (tertiary/aromatic N) is 2. The first-order chi connectivity index (χ1) is 9.56. The molecule has 1 saturated heterocycles. The second kappa shape index (κ2) is 4.68. The van der Waals surface area contributed by atoms with E-state index >= 15 is 0 Å². The summed E-state index contributed by atoms with van der Waals surface area (Å²) in [4.78, 5) is 25.9. The van der Waals surface area contributed by atoms with Gasteiger partial charge in [-0.2, -0.15) is 0 Å². The molecule has 2 aliphatic rings. The molecule has 20 heavy (non-hydrogen) atoms. The molecule has 2 aliphatic heterocycles. The number of para-hydroxylation sites is 2. The van der Waals surface area contributed by atoms with Crippen LogP contribution in [0.4, 0.5) is 16.2 Å². The maximum Gasteiger partial charge on any atom is 0.407 e. The molecule has 3 rings (SSSR count). The summed E-state index contributed by atoms with van der Waals surface area (Å²) in [6, 6.07) is 6.85. The van der Waals surface area contributed by atoms with Crippen LogP contribution >= 0.6 is 0 Å². The zero-order chi connectivity index (χ0) is 14.3. The number of fused-ring (bicyclic) bond motifs is 3. The summed E-state index contributed by atoms with van der Waals surface area (Å²) in [5.41, 5.74) is 1.36. The number of amides is 2. The second-order valence-electron chi connectivity index (χ2n) is 5.00. The maximum absolute atomic E-state index is 11.9. The molecular weight excluding hydrogens is 262 g/mol. The fraction of sp³-hybridized carbons (Fsp3) is 0.385. The van der Waals surface area contributed by atoms with Crippen molar-refractivity contribution in [2.75, 3.05) is 23.3 Å². The molecule has 1 unspecified atom stereocenters. The van der Waals surface area contributed by atoms with E-state index in [1.807, 2.05) is 12.1 Å². The van der Waals surface area contributed by atoms with Gasteiger partial charge < -0.3 is 25.3 Å². The van der Waals surface area contributed by atoms with Gasteiger partial charge in [-0.1, -0.05) is 12.1 Å². The number of hydrogen-bond donors (Lipinski definition) is 3. The molecule has 0 aromatic heterocycles. The number of piperazine rings is 1. The van der Waals surface area contributed by atoms with Crippen LogP contribution in [-0.2, 0) is 4.79 Å². The Morgan fingerprint density at radius 2 is 2.05 bits per heavy atom. The summed E-state index contributed by atoms with van der Waals surface area (Å²) in [6.45, 7) is 0.211. The smallest absolute Gasteiger partial charge is 0.407 e. The molecule has 0 spiro atoms. The number of nitrogens with one attached hydrogen (secondary N) is 1. The summed E-state index contributed by atoms with van der Waals surface area (Å²) in [7, 11) is 0. The molecule has 0 saturated carbocycles. The van der Waals surface area contributed by atoms with Crippen molar-refractivity contribution in [3.63, 3.8) is 0 Å². The van der Waals surface area contributed by atoms with E-state index in [1.54, 1.807) is 17.0 Å². The van der Waals surface area contributed by atoms with Gasteiger partial charge in [0, 0.05) is 13.0 Å². The van der Waals surface area contributed by atoms with Crippen LogP contribution in [0.25, 0.3) is 0 Å². The van der Waals surface area contributed by atoms with Gasteiger partial charge in [-0.05, 0) is 12.1 Å². The SMILES string of the molecule is O=C1C[C@H]2CN(C(=O)O)CC(O)N2c2ccccc2N1. The van der Waals surface area contributed by atoms with Gasteiger partial charge in [0.2, 0.25) is 5.91 Å². The lowest BCUT2D eigenvalue weighted by molar-refractivity contribution is -0.116. The average Bonchev–Trinajstić information content (AvgIpc) is 2.53. The number of aliphatic hydroxyl groups is 1. The van der Waals surface area contributed by atoms with Crippen molar-refractivity contribution in [3.05, 3.63) is 24.3 Å². The lowest BCUT2D eigenvalue weighted by Crippen LogP contribution is -2.60. The fourth-order valence-electron chi connectivity index (χ4n) is 2.84. The Balaban J connectivity index is 2.00. The van der Waals surface area contributed by atoms with E-state index in [1.165, 1.54) is 0 Å². The number of β-amino-alcohol motifs (C(OH)–C–C–N with tert-alkyl or cyclic N) is 1. The molecule has 0 radical (unpaired) electrons.